The highest BCUT2D eigenvalue weighted by Crippen LogP contribution is 2.23. The lowest BCUT2D eigenvalue weighted by molar-refractivity contribution is 0.366. The molecular weight excluding hydrogens is 158 g/mol. The SMILES string of the molecule is COc1ccc(NN)c(OC)n1. The lowest BCUT2D eigenvalue weighted by Gasteiger charge is -2.07. The number of nitrogens with one attached hydrogen (secondary N) is 1. The molecule has 1 heterocycles. The minimum atomic E-state index is 0.414. The number of nitrogen functional groups attached to an aromatic ring is 1. The van der Waals surface area contributed by atoms with Crippen LogP contribution in [0.25, 0.3) is 0 Å². The van der Waals surface area contributed by atoms with Crippen LogP contribution in [0.1, 0.15) is 0 Å². The Bertz CT molecular complexity index is 265. The van der Waals surface area contributed by atoms with Crippen LogP contribution < -0.4 is 20.7 Å². The highest BCUT2D eigenvalue weighted by atomic mass is 16.5. The number of hydrazine groups is 1. The van der Waals surface area contributed by atoms with Gasteiger partial charge in [-0.25, -0.2) is 0 Å². The molecule has 5 heteroatoms. The first-order chi connectivity index (χ1) is 5.81. The van der Waals surface area contributed by atoms with Crippen molar-refractivity contribution >= 4 is 5.69 Å². The Morgan fingerprint density at radius 2 is 2.08 bits per heavy atom. The Kier molecular flexibility index (Phi) is 2.71. The molecule has 0 aromatic carbocycles. The lowest BCUT2D eigenvalue weighted by atomic mass is 10.4. The van der Waals surface area contributed by atoms with Gasteiger partial charge >= 0.3 is 0 Å². The van der Waals surface area contributed by atoms with Gasteiger partial charge in [0.25, 0.3) is 0 Å². The zero-order valence-electron chi connectivity index (χ0n) is 7.00. The van der Waals surface area contributed by atoms with E-state index < -0.39 is 0 Å². The molecule has 0 fully saturated rings. The summed E-state index contributed by atoms with van der Waals surface area (Å²) in [5.41, 5.74) is 3.08. The standard InChI is InChI=1S/C7H11N3O2/c1-11-6-4-3-5(10-8)7(9-6)12-2/h3-4,10H,8H2,1-2H3. The summed E-state index contributed by atoms with van der Waals surface area (Å²) in [6.07, 6.45) is 0. The largest absolute Gasteiger partial charge is 0.481 e. The van der Waals surface area contributed by atoms with E-state index in [9.17, 15) is 0 Å². The van der Waals surface area contributed by atoms with Crippen LogP contribution in [-0.4, -0.2) is 19.2 Å². The summed E-state index contributed by atoms with van der Waals surface area (Å²) >= 11 is 0. The van der Waals surface area contributed by atoms with Gasteiger partial charge < -0.3 is 14.9 Å². The van der Waals surface area contributed by atoms with Crippen molar-refractivity contribution < 1.29 is 9.47 Å². The smallest absolute Gasteiger partial charge is 0.241 e. The van der Waals surface area contributed by atoms with E-state index in [1.54, 1.807) is 12.1 Å². The van der Waals surface area contributed by atoms with E-state index >= 15 is 0 Å². The summed E-state index contributed by atoms with van der Waals surface area (Å²) in [6.45, 7) is 0. The van der Waals surface area contributed by atoms with Crippen molar-refractivity contribution in [3.63, 3.8) is 0 Å². The molecule has 0 saturated carbocycles. The molecule has 5 nitrogen and oxygen atoms in total. The van der Waals surface area contributed by atoms with Crippen LogP contribution in [0.2, 0.25) is 0 Å². The molecule has 1 aromatic heterocycles. The number of hydrogen-bond donors (Lipinski definition) is 2. The molecule has 0 aliphatic heterocycles. The van der Waals surface area contributed by atoms with Gasteiger partial charge in [-0.15, -0.1) is 0 Å². The molecule has 1 aromatic rings. The van der Waals surface area contributed by atoms with Crippen LogP contribution in [0.15, 0.2) is 12.1 Å². The van der Waals surface area contributed by atoms with Crippen molar-refractivity contribution in [2.75, 3.05) is 19.6 Å². The van der Waals surface area contributed by atoms with Gasteiger partial charge in [-0.2, -0.15) is 4.98 Å². The maximum atomic E-state index is 5.21. The third-order valence-corrected chi connectivity index (χ3v) is 1.39. The lowest BCUT2D eigenvalue weighted by Crippen LogP contribution is -2.09. The van der Waals surface area contributed by atoms with Gasteiger partial charge in [-0.3, -0.25) is 5.84 Å². The van der Waals surface area contributed by atoms with E-state index in [0.29, 0.717) is 17.4 Å². The normalized spacial score (nSPS) is 9.25. The fourth-order valence-corrected chi connectivity index (χ4v) is 0.803. The summed E-state index contributed by atoms with van der Waals surface area (Å²) in [6, 6.07) is 3.42. The minimum Gasteiger partial charge on any atom is -0.481 e. The summed E-state index contributed by atoms with van der Waals surface area (Å²) in [7, 11) is 3.06. The van der Waals surface area contributed by atoms with Crippen LogP contribution in [0.3, 0.4) is 0 Å². The predicted octanol–water partition coefficient (Wildman–Crippen LogP) is 0.384. The Balaban J connectivity index is 3.02. The topological polar surface area (TPSA) is 69.4 Å². The van der Waals surface area contributed by atoms with Crippen molar-refractivity contribution in [3.8, 4) is 11.8 Å². The van der Waals surface area contributed by atoms with E-state index in [1.165, 1.54) is 14.2 Å². The molecule has 3 N–H and O–H groups in total. The van der Waals surface area contributed by atoms with E-state index in [0.717, 1.165) is 0 Å². The first kappa shape index (κ1) is 8.61. The second-order valence-corrected chi connectivity index (χ2v) is 2.05. The second-order valence-electron chi connectivity index (χ2n) is 2.05. The van der Waals surface area contributed by atoms with E-state index in [2.05, 4.69) is 10.4 Å². The number of methoxy groups -OCH3 is 2. The molecule has 1 rings (SSSR count). The van der Waals surface area contributed by atoms with Crippen molar-refractivity contribution in [1.29, 1.82) is 0 Å². The third kappa shape index (κ3) is 1.57. The zero-order chi connectivity index (χ0) is 8.97. The van der Waals surface area contributed by atoms with Gasteiger partial charge in [0.1, 0.15) is 5.69 Å². The number of rotatable bonds is 3. The van der Waals surface area contributed by atoms with Gasteiger partial charge in [-0.05, 0) is 6.07 Å². The number of nitrogens with zero attached hydrogens (tertiary/aromatic N) is 1. The second kappa shape index (κ2) is 3.77. The highest BCUT2D eigenvalue weighted by molar-refractivity contribution is 5.52. The van der Waals surface area contributed by atoms with Crippen LogP contribution in [0.4, 0.5) is 5.69 Å². The molecule has 0 radical (unpaired) electrons. The van der Waals surface area contributed by atoms with Gasteiger partial charge in [0, 0.05) is 6.07 Å². The van der Waals surface area contributed by atoms with Gasteiger partial charge in [0.2, 0.25) is 11.8 Å². The van der Waals surface area contributed by atoms with Gasteiger partial charge in [-0.1, -0.05) is 0 Å². The maximum Gasteiger partial charge on any atom is 0.241 e. The molecule has 0 atom stereocenters. The van der Waals surface area contributed by atoms with Crippen LogP contribution >= 0.6 is 0 Å². The van der Waals surface area contributed by atoms with E-state index in [1.807, 2.05) is 0 Å². The Hall–Kier alpha value is -1.49. The monoisotopic (exact) mass is 169 g/mol. The number of nitrogens with two attached hydrogens (primary N) is 1. The molecule has 0 aliphatic rings. The summed E-state index contributed by atoms with van der Waals surface area (Å²) in [5, 5.41) is 0. The van der Waals surface area contributed by atoms with Crippen molar-refractivity contribution in [2.24, 2.45) is 5.84 Å². The van der Waals surface area contributed by atoms with E-state index in [-0.39, 0.29) is 0 Å². The fraction of sp³-hybridized carbons (Fsp3) is 0.286. The molecule has 0 saturated heterocycles. The first-order valence-electron chi connectivity index (χ1n) is 3.37. The number of hydrogen-bond acceptors (Lipinski definition) is 5. The van der Waals surface area contributed by atoms with Gasteiger partial charge in [0.05, 0.1) is 14.2 Å². The number of ether oxygens (including phenoxy) is 2. The van der Waals surface area contributed by atoms with Crippen molar-refractivity contribution in [3.05, 3.63) is 12.1 Å². The number of pyridine rings is 1. The quantitative estimate of drug-likeness (QED) is 0.505. The molecule has 0 spiro atoms. The molecule has 0 aliphatic carbocycles. The van der Waals surface area contributed by atoms with Gasteiger partial charge in [0.15, 0.2) is 0 Å². The predicted molar refractivity (Wildman–Crippen MR) is 45.2 cm³/mol. The molecule has 66 valence electrons. The fourth-order valence-electron chi connectivity index (χ4n) is 0.803. The van der Waals surface area contributed by atoms with Crippen LogP contribution in [0, 0.1) is 0 Å². The zero-order valence-corrected chi connectivity index (χ0v) is 7.00. The molecule has 0 bridgehead atoms. The maximum absolute atomic E-state index is 5.21. The molecular formula is C7H11N3O2. The first-order valence-corrected chi connectivity index (χ1v) is 3.37. The summed E-state index contributed by atoms with van der Waals surface area (Å²) < 4.78 is 9.84. The number of anilines is 1. The van der Waals surface area contributed by atoms with E-state index in [4.69, 9.17) is 15.3 Å². The average Bonchev–Trinajstić information content (AvgIpc) is 2.16. The summed E-state index contributed by atoms with van der Waals surface area (Å²) in [4.78, 5) is 3.99. The molecule has 12 heavy (non-hydrogen) atoms. The Morgan fingerprint density at radius 1 is 1.33 bits per heavy atom. The Labute approximate surface area is 70.5 Å². The van der Waals surface area contributed by atoms with Crippen LogP contribution in [0.5, 0.6) is 11.8 Å². The highest BCUT2D eigenvalue weighted by Gasteiger charge is 2.03. The average molecular weight is 169 g/mol. The third-order valence-electron chi connectivity index (χ3n) is 1.39. The minimum absolute atomic E-state index is 0.414. The van der Waals surface area contributed by atoms with Crippen molar-refractivity contribution in [1.82, 2.24) is 4.98 Å². The van der Waals surface area contributed by atoms with Crippen molar-refractivity contribution in [2.45, 2.75) is 0 Å². The Morgan fingerprint density at radius 3 is 2.58 bits per heavy atom. The number of aromatic nitrogens is 1. The van der Waals surface area contributed by atoms with Crippen LogP contribution in [-0.2, 0) is 0 Å². The molecule has 0 unspecified atom stereocenters. The molecule has 0 amide bonds. The summed E-state index contributed by atoms with van der Waals surface area (Å²) in [5.74, 6) is 6.11.